The number of hydrogen-bond acceptors (Lipinski definition) is 6. The number of rotatable bonds is 1. The summed E-state index contributed by atoms with van der Waals surface area (Å²) < 4.78 is 43.4. The SMILES string of the molecule is N#Cc1ccc(C(=O)N2CCC3(N=C(N)c4c(F)ccc(F)c4N3)C(F)C2)cn1. The Hall–Kier alpha value is -3.61. The van der Waals surface area contributed by atoms with Crippen LogP contribution in [0.5, 0.6) is 0 Å². The summed E-state index contributed by atoms with van der Waals surface area (Å²) in [6.45, 7) is -0.218. The van der Waals surface area contributed by atoms with Gasteiger partial charge in [-0.2, -0.15) is 5.26 Å². The molecule has 1 aromatic carbocycles. The minimum atomic E-state index is -1.72. The van der Waals surface area contributed by atoms with Crippen LogP contribution in [0.3, 0.4) is 0 Å². The summed E-state index contributed by atoms with van der Waals surface area (Å²) in [4.78, 5) is 21.8. The molecule has 0 aliphatic carbocycles. The number of nitrogens with zero attached hydrogens (tertiary/aromatic N) is 4. The number of aromatic nitrogens is 1. The number of anilines is 1. The zero-order chi connectivity index (χ0) is 20.8. The number of pyridine rings is 1. The fourth-order valence-electron chi connectivity index (χ4n) is 3.56. The molecule has 1 spiro atoms. The van der Waals surface area contributed by atoms with Gasteiger partial charge in [-0.05, 0) is 24.3 Å². The highest BCUT2D eigenvalue weighted by Gasteiger charge is 2.48. The number of carbonyl (C=O) groups excluding carboxylic acids is 1. The number of nitriles is 1. The Kier molecular flexibility index (Phi) is 4.38. The molecule has 7 nitrogen and oxygen atoms in total. The normalized spacial score (nSPS) is 23.0. The molecular formula is C19H15F3N6O. The largest absolute Gasteiger partial charge is 0.383 e. The van der Waals surface area contributed by atoms with Crippen molar-refractivity contribution in [2.24, 2.45) is 10.7 Å². The van der Waals surface area contributed by atoms with E-state index in [0.29, 0.717) is 0 Å². The number of halogens is 3. The van der Waals surface area contributed by atoms with Crippen LogP contribution in [0, 0.1) is 23.0 Å². The Morgan fingerprint density at radius 2 is 2.07 bits per heavy atom. The lowest BCUT2D eigenvalue weighted by atomic mass is 9.91. The Morgan fingerprint density at radius 1 is 1.31 bits per heavy atom. The number of amides is 1. The second-order valence-corrected chi connectivity index (χ2v) is 6.84. The average Bonchev–Trinajstić information content (AvgIpc) is 2.72. The maximum absolute atomic E-state index is 15.2. The van der Waals surface area contributed by atoms with E-state index in [4.69, 9.17) is 11.0 Å². The maximum atomic E-state index is 15.2. The van der Waals surface area contributed by atoms with E-state index in [1.54, 1.807) is 0 Å². The third-order valence-corrected chi connectivity index (χ3v) is 5.10. The summed E-state index contributed by atoms with van der Waals surface area (Å²) in [6.07, 6.45) is -0.470. The van der Waals surface area contributed by atoms with Crippen molar-refractivity contribution in [2.45, 2.75) is 18.3 Å². The van der Waals surface area contributed by atoms with E-state index in [2.05, 4.69) is 15.3 Å². The third-order valence-electron chi connectivity index (χ3n) is 5.10. The van der Waals surface area contributed by atoms with E-state index in [9.17, 15) is 13.6 Å². The molecule has 29 heavy (non-hydrogen) atoms. The molecule has 148 valence electrons. The van der Waals surface area contributed by atoms with Gasteiger partial charge in [0.15, 0.2) is 11.8 Å². The lowest BCUT2D eigenvalue weighted by Gasteiger charge is -2.44. The summed E-state index contributed by atoms with van der Waals surface area (Å²) in [7, 11) is 0. The Labute approximate surface area is 163 Å². The number of hydrogen-bond donors (Lipinski definition) is 2. The first-order valence-electron chi connectivity index (χ1n) is 8.76. The molecule has 1 saturated heterocycles. The van der Waals surface area contributed by atoms with Gasteiger partial charge in [0, 0.05) is 19.2 Å². The van der Waals surface area contributed by atoms with Crippen LogP contribution in [0.25, 0.3) is 0 Å². The van der Waals surface area contributed by atoms with Crippen LogP contribution >= 0.6 is 0 Å². The fraction of sp³-hybridized carbons (Fsp3) is 0.263. The number of aliphatic imine (C=N–C) groups is 1. The van der Waals surface area contributed by atoms with Crippen molar-refractivity contribution in [3.8, 4) is 6.07 Å². The smallest absolute Gasteiger partial charge is 0.255 e. The summed E-state index contributed by atoms with van der Waals surface area (Å²) in [5.74, 6) is -2.28. The number of piperidine rings is 1. The summed E-state index contributed by atoms with van der Waals surface area (Å²) >= 11 is 0. The second-order valence-electron chi connectivity index (χ2n) is 6.84. The molecule has 0 radical (unpaired) electrons. The molecule has 0 bridgehead atoms. The summed E-state index contributed by atoms with van der Waals surface area (Å²) in [5.41, 5.74) is 4.13. The average molecular weight is 400 g/mol. The van der Waals surface area contributed by atoms with Crippen molar-refractivity contribution < 1.29 is 18.0 Å². The van der Waals surface area contributed by atoms with Gasteiger partial charge in [0.25, 0.3) is 5.91 Å². The van der Waals surface area contributed by atoms with Gasteiger partial charge in [0.2, 0.25) is 0 Å². The Bertz CT molecular complexity index is 1060. The van der Waals surface area contributed by atoms with Crippen LogP contribution in [-0.2, 0) is 0 Å². The number of alkyl halides is 1. The van der Waals surface area contributed by atoms with Crippen molar-refractivity contribution in [3.63, 3.8) is 0 Å². The van der Waals surface area contributed by atoms with Crippen LogP contribution in [0.15, 0.2) is 35.5 Å². The van der Waals surface area contributed by atoms with E-state index in [0.717, 1.165) is 12.1 Å². The number of nitrogens with one attached hydrogen (secondary N) is 1. The Balaban J connectivity index is 1.58. The monoisotopic (exact) mass is 400 g/mol. The van der Waals surface area contributed by atoms with E-state index in [-0.39, 0.29) is 47.9 Å². The van der Waals surface area contributed by atoms with Gasteiger partial charge < -0.3 is 16.0 Å². The topological polar surface area (TPSA) is 107 Å². The van der Waals surface area contributed by atoms with Gasteiger partial charge in [0.05, 0.1) is 23.4 Å². The van der Waals surface area contributed by atoms with Crippen LogP contribution in [0.4, 0.5) is 18.9 Å². The van der Waals surface area contributed by atoms with Gasteiger partial charge >= 0.3 is 0 Å². The zero-order valence-electron chi connectivity index (χ0n) is 15.0. The van der Waals surface area contributed by atoms with Gasteiger partial charge in [-0.15, -0.1) is 0 Å². The van der Waals surface area contributed by atoms with Crippen LogP contribution in [0.2, 0.25) is 0 Å². The maximum Gasteiger partial charge on any atom is 0.255 e. The molecule has 3 N–H and O–H groups in total. The standard InChI is InChI=1S/C19H15F3N6O/c20-12-3-4-13(21)16-15(12)17(24)27-19(26-16)5-6-28(9-14(19)22)18(29)10-1-2-11(7-23)25-8-10/h1-4,8,14,26H,5-6,9H2,(H2,24,27). The molecule has 2 atom stereocenters. The number of nitrogens with two attached hydrogens (primary N) is 1. The fourth-order valence-corrected chi connectivity index (χ4v) is 3.56. The molecule has 2 aliphatic heterocycles. The summed E-state index contributed by atoms with van der Waals surface area (Å²) in [5, 5.41) is 11.5. The second kappa shape index (κ2) is 6.77. The third kappa shape index (κ3) is 3.04. The predicted octanol–water partition coefficient (Wildman–Crippen LogP) is 1.94. The van der Waals surface area contributed by atoms with Crippen LogP contribution in [-0.4, -0.2) is 46.6 Å². The quantitative estimate of drug-likeness (QED) is 0.761. The van der Waals surface area contributed by atoms with Crippen molar-refractivity contribution in [3.05, 3.63) is 58.9 Å². The molecule has 0 saturated carbocycles. The molecule has 2 unspecified atom stereocenters. The molecule has 1 fully saturated rings. The van der Waals surface area contributed by atoms with E-state index >= 15 is 4.39 Å². The van der Waals surface area contributed by atoms with Crippen LogP contribution in [0.1, 0.15) is 28.0 Å². The minimum absolute atomic E-state index is 0.000290. The lowest BCUT2D eigenvalue weighted by molar-refractivity contribution is 0.0493. The molecule has 4 rings (SSSR count). The van der Waals surface area contributed by atoms with Gasteiger partial charge in [0.1, 0.15) is 29.2 Å². The summed E-state index contributed by atoms with van der Waals surface area (Å²) in [6, 6.07) is 6.54. The van der Waals surface area contributed by atoms with Gasteiger partial charge in [-0.1, -0.05) is 0 Å². The molecule has 3 heterocycles. The molecule has 2 aliphatic rings. The number of amidine groups is 1. The van der Waals surface area contributed by atoms with Crippen molar-refractivity contribution in [2.75, 3.05) is 18.4 Å². The molecule has 2 aromatic rings. The predicted molar refractivity (Wildman–Crippen MR) is 97.8 cm³/mol. The highest BCUT2D eigenvalue weighted by atomic mass is 19.1. The number of fused-ring (bicyclic) bond motifs is 1. The lowest BCUT2D eigenvalue weighted by Crippen LogP contribution is -2.60. The first-order chi connectivity index (χ1) is 13.8. The highest BCUT2D eigenvalue weighted by Crippen LogP contribution is 2.38. The van der Waals surface area contributed by atoms with E-state index < -0.39 is 29.4 Å². The van der Waals surface area contributed by atoms with Gasteiger partial charge in [-0.25, -0.2) is 23.1 Å². The van der Waals surface area contributed by atoms with Crippen molar-refractivity contribution in [1.82, 2.24) is 9.88 Å². The van der Waals surface area contributed by atoms with Crippen molar-refractivity contribution >= 4 is 17.4 Å². The minimum Gasteiger partial charge on any atom is -0.383 e. The van der Waals surface area contributed by atoms with Crippen molar-refractivity contribution in [1.29, 1.82) is 5.26 Å². The first-order valence-corrected chi connectivity index (χ1v) is 8.76. The molecule has 10 heteroatoms. The van der Waals surface area contributed by atoms with Crippen LogP contribution < -0.4 is 11.1 Å². The molecular weight excluding hydrogens is 385 g/mol. The first kappa shape index (κ1) is 18.7. The van der Waals surface area contributed by atoms with E-state index in [1.165, 1.54) is 23.2 Å². The number of benzene rings is 1. The highest BCUT2D eigenvalue weighted by molar-refractivity contribution is 6.04. The number of likely N-dealkylation sites (tertiary alicyclic amines) is 1. The molecule has 1 aromatic heterocycles. The molecule has 1 amide bonds. The zero-order valence-corrected chi connectivity index (χ0v) is 15.0. The van der Waals surface area contributed by atoms with Gasteiger partial charge in [-0.3, -0.25) is 4.79 Å². The number of carbonyl (C=O) groups is 1. The Morgan fingerprint density at radius 3 is 2.72 bits per heavy atom. The van der Waals surface area contributed by atoms with E-state index in [1.807, 2.05) is 6.07 Å².